The summed E-state index contributed by atoms with van der Waals surface area (Å²) >= 11 is 6.14. The Morgan fingerprint density at radius 2 is 1.95 bits per heavy atom. The summed E-state index contributed by atoms with van der Waals surface area (Å²) in [5, 5.41) is 8.74. The molecular weight excluding hydrogens is 262 g/mol. The molecule has 0 unspecified atom stereocenters. The number of aromatic nitrogens is 3. The maximum atomic E-state index is 6.14. The number of ether oxygens (including phenoxy) is 1. The Hall–Kier alpha value is -2.07. The predicted molar refractivity (Wildman–Crippen MR) is 73.5 cm³/mol. The zero-order valence-corrected chi connectivity index (χ0v) is 11.1. The molecule has 2 aromatic heterocycles. The van der Waals surface area contributed by atoms with Crippen LogP contribution in [0.4, 0.5) is 0 Å². The summed E-state index contributed by atoms with van der Waals surface area (Å²) in [4.78, 5) is 0. The second kappa shape index (κ2) is 4.90. The van der Waals surface area contributed by atoms with Crippen molar-refractivity contribution in [3.8, 4) is 5.75 Å². The molecule has 0 saturated carbocycles. The largest absolute Gasteiger partial charge is 0.485 e. The molecule has 3 aromatic rings. The molecule has 1 aromatic carbocycles. The SMILES string of the molecule is Cc1ccccc1OCc1nnc2cccc(Cl)n12. The highest BCUT2D eigenvalue weighted by Gasteiger charge is 2.09. The van der Waals surface area contributed by atoms with Crippen molar-refractivity contribution >= 4 is 17.2 Å². The van der Waals surface area contributed by atoms with E-state index in [2.05, 4.69) is 10.2 Å². The number of para-hydroxylation sites is 1. The normalized spacial score (nSPS) is 10.8. The van der Waals surface area contributed by atoms with Gasteiger partial charge in [0.05, 0.1) is 0 Å². The fraction of sp³-hybridized carbons (Fsp3) is 0.143. The molecule has 0 fully saturated rings. The molecule has 2 heterocycles. The van der Waals surface area contributed by atoms with Gasteiger partial charge in [-0.25, -0.2) is 0 Å². The third-order valence-electron chi connectivity index (χ3n) is 2.90. The van der Waals surface area contributed by atoms with Crippen LogP contribution in [0.2, 0.25) is 5.15 Å². The number of benzene rings is 1. The lowest BCUT2D eigenvalue weighted by Gasteiger charge is -2.08. The van der Waals surface area contributed by atoms with Crippen LogP contribution in [0.3, 0.4) is 0 Å². The molecule has 3 rings (SSSR count). The fourth-order valence-electron chi connectivity index (χ4n) is 1.91. The number of hydrogen-bond acceptors (Lipinski definition) is 3. The van der Waals surface area contributed by atoms with Gasteiger partial charge >= 0.3 is 0 Å². The van der Waals surface area contributed by atoms with Crippen molar-refractivity contribution in [1.29, 1.82) is 0 Å². The lowest BCUT2D eigenvalue weighted by atomic mass is 10.2. The van der Waals surface area contributed by atoms with Crippen LogP contribution in [0.5, 0.6) is 5.75 Å². The van der Waals surface area contributed by atoms with E-state index in [-0.39, 0.29) is 0 Å². The number of nitrogens with zero attached hydrogens (tertiary/aromatic N) is 3. The number of aryl methyl sites for hydroxylation is 1. The van der Waals surface area contributed by atoms with E-state index in [0.29, 0.717) is 17.6 Å². The minimum atomic E-state index is 0.329. The molecule has 0 amide bonds. The van der Waals surface area contributed by atoms with Crippen LogP contribution in [0.15, 0.2) is 42.5 Å². The minimum Gasteiger partial charge on any atom is -0.485 e. The Bertz CT molecular complexity index is 724. The van der Waals surface area contributed by atoms with E-state index in [1.54, 1.807) is 10.5 Å². The summed E-state index contributed by atoms with van der Waals surface area (Å²) in [5.41, 5.74) is 1.80. The molecule has 0 atom stereocenters. The van der Waals surface area contributed by atoms with Gasteiger partial charge in [-0.1, -0.05) is 35.9 Å². The molecule has 19 heavy (non-hydrogen) atoms. The van der Waals surface area contributed by atoms with E-state index in [1.165, 1.54) is 0 Å². The average molecular weight is 274 g/mol. The minimum absolute atomic E-state index is 0.329. The molecule has 0 N–H and O–H groups in total. The molecular formula is C14H12ClN3O. The zero-order chi connectivity index (χ0) is 13.2. The van der Waals surface area contributed by atoms with Crippen LogP contribution in [-0.4, -0.2) is 14.6 Å². The van der Waals surface area contributed by atoms with Crippen LogP contribution < -0.4 is 4.74 Å². The molecule has 96 valence electrons. The summed E-state index contributed by atoms with van der Waals surface area (Å²) in [6.45, 7) is 2.33. The summed E-state index contributed by atoms with van der Waals surface area (Å²) in [5.74, 6) is 1.52. The van der Waals surface area contributed by atoms with Crippen molar-refractivity contribution < 1.29 is 4.74 Å². The first-order valence-corrected chi connectivity index (χ1v) is 6.30. The first-order chi connectivity index (χ1) is 9.25. The molecule has 4 nitrogen and oxygen atoms in total. The Morgan fingerprint density at radius 3 is 2.79 bits per heavy atom. The lowest BCUT2D eigenvalue weighted by molar-refractivity contribution is 0.292. The molecule has 0 radical (unpaired) electrons. The maximum Gasteiger partial charge on any atom is 0.176 e. The van der Waals surface area contributed by atoms with Gasteiger partial charge in [0.15, 0.2) is 11.5 Å². The van der Waals surface area contributed by atoms with E-state index in [0.717, 1.165) is 17.0 Å². The van der Waals surface area contributed by atoms with E-state index in [9.17, 15) is 0 Å². The summed E-state index contributed by atoms with van der Waals surface area (Å²) < 4.78 is 7.54. The van der Waals surface area contributed by atoms with Gasteiger partial charge in [0.1, 0.15) is 17.5 Å². The highest BCUT2D eigenvalue weighted by molar-refractivity contribution is 6.29. The van der Waals surface area contributed by atoms with Crippen molar-refractivity contribution in [1.82, 2.24) is 14.6 Å². The van der Waals surface area contributed by atoms with Gasteiger partial charge in [0, 0.05) is 0 Å². The van der Waals surface area contributed by atoms with Gasteiger partial charge in [0.2, 0.25) is 0 Å². The fourth-order valence-corrected chi connectivity index (χ4v) is 2.17. The topological polar surface area (TPSA) is 39.4 Å². The first kappa shape index (κ1) is 12.0. The number of hydrogen-bond donors (Lipinski definition) is 0. The number of fused-ring (bicyclic) bond motifs is 1. The van der Waals surface area contributed by atoms with Crippen molar-refractivity contribution in [2.24, 2.45) is 0 Å². The lowest BCUT2D eigenvalue weighted by Crippen LogP contribution is -2.02. The predicted octanol–water partition coefficient (Wildman–Crippen LogP) is 3.27. The van der Waals surface area contributed by atoms with E-state index in [1.807, 2.05) is 43.3 Å². The Kier molecular flexibility index (Phi) is 3.09. The van der Waals surface area contributed by atoms with Gasteiger partial charge in [-0.3, -0.25) is 4.40 Å². The summed E-state index contributed by atoms with van der Waals surface area (Å²) in [6.07, 6.45) is 0. The van der Waals surface area contributed by atoms with Crippen LogP contribution >= 0.6 is 11.6 Å². The van der Waals surface area contributed by atoms with Crippen LogP contribution in [0.25, 0.3) is 5.65 Å². The molecule has 0 aliphatic heterocycles. The number of halogens is 1. The second-order valence-corrected chi connectivity index (χ2v) is 4.60. The van der Waals surface area contributed by atoms with E-state index < -0.39 is 0 Å². The van der Waals surface area contributed by atoms with Crippen LogP contribution in [-0.2, 0) is 6.61 Å². The highest BCUT2D eigenvalue weighted by atomic mass is 35.5. The molecule has 0 saturated heterocycles. The van der Waals surface area contributed by atoms with Gasteiger partial charge in [0.25, 0.3) is 0 Å². The number of pyridine rings is 1. The molecule has 0 aliphatic rings. The van der Waals surface area contributed by atoms with Crippen molar-refractivity contribution in [3.63, 3.8) is 0 Å². The maximum absolute atomic E-state index is 6.14. The second-order valence-electron chi connectivity index (χ2n) is 4.21. The highest BCUT2D eigenvalue weighted by Crippen LogP contribution is 2.19. The molecule has 0 aliphatic carbocycles. The first-order valence-electron chi connectivity index (χ1n) is 5.92. The smallest absolute Gasteiger partial charge is 0.176 e. The Balaban J connectivity index is 1.89. The molecule has 5 heteroatoms. The third kappa shape index (κ3) is 2.27. The standard InChI is InChI=1S/C14H12ClN3O/c1-10-5-2-3-6-11(10)19-9-14-17-16-13-8-4-7-12(15)18(13)14/h2-8H,9H2,1H3. The Labute approximate surface area is 115 Å². The van der Waals surface area contributed by atoms with Crippen LogP contribution in [0.1, 0.15) is 11.4 Å². The Morgan fingerprint density at radius 1 is 1.11 bits per heavy atom. The molecule has 0 bridgehead atoms. The zero-order valence-electron chi connectivity index (χ0n) is 10.4. The van der Waals surface area contributed by atoms with E-state index >= 15 is 0 Å². The summed E-state index contributed by atoms with van der Waals surface area (Å²) in [7, 11) is 0. The van der Waals surface area contributed by atoms with Crippen molar-refractivity contribution in [2.45, 2.75) is 13.5 Å². The summed E-state index contributed by atoms with van der Waals surface area (Å²) in [6, 6.07) is 13.4. The van der Waals surface area contributed by atoms with Gasteiger partial charge in [-0.2, -0.15) is 0 Å². The van der Waals surface area contributed by atoms with Gasteiger partial charge in [-0.15, -0.1) is 10.2 Å². The van der Waals surface area contributed by atoms with Gasteiger partial charge in [-0.05, 0) is 30.7 Å². The van der Waals surface area contributed by atoms with Crippen molar-refractivity contribution in [2.75, 3.05) is 0 Å². The monoisotopic (exact) mass is 273 g/mol. The third-order valence-corrected chi connectivity index (χ3v) is 3.19. The van der Waals surface area contributed by atoms with Gasteiger partial charge < -0.3 is 4.74 Å². The quantitative estimate of drug-likeness (QED) is 0.688. The van der Waals surface area contributed by atoms with Crippen LogP contribution in [0, 0.1) is 6.92 Å². The molecule has 0 spiro atoms. The van der Waals surface area contributed by atoms with E-state index in [4.69, 9.17) is 16.3 Å². The average Bonchev–Trinajstić information content (AvgIpc) is 2.83. The van der Waals surface area contributed by atoms with Crippen molar-refractivity contribution in [3.05, 3.63) is 59.0 Å². The number of rotatable bonds is 3.